The van der Waals surface area contributed by atoms with Crippen LogP contribution in [0.15, 0.2) is 152 Å². The van der Waals surface area contributed by atoms with Gasteiger partial charge in [0.15, 0.2) is 0 Å². The van der Waals surface area contributed by atoms with Gasteiger partial charge >= 0.3 is 0 Å². The lowest BCUT2D eigenvalue weighted by atomic mass is 9.33. The van der Waals surface area contributed by atoms with Crippen LogP contribution in [0.3, 0.4) is 0 Å². The average Bonchev–Trinajstić information content (AvgIpc) is 3.45. The fourth-order valence-corrected chi connectivity index (χ4v) is 7.97. The van der Waals surface area contributed by atoms with E-state index in [0.29, 0.717) is 0 Å². The molecule has 2 aliphatic rings. The molecule has 0 saturated carbocycles. The van der Waals surface area contributed by atoms with Gasteiger partial charge < -0.3 is 9.47 Å². The van der Waals surface area contributed by atoms with E-state index < -0.39 is 11.6 Å². The van der Waals surface area contributed by atoms with Crippen molar-refractivity contribution in [3.63, 3.8) is 0 Å². The molecule has 0 spiro atoms. The average molecular weight is 606 g/mol. The second-order valence-corrected chi connectivity index (χ2v) is 12.4. The van der Waals surface area contributed by atoms with Gasteiger partial charge in [-0.25, -0.2) is 8.78 Å². The van der Waals surface area contributed by atoms with Crippen molar-refractivity contribution in [3.05, 3.63) is 163 Å². The maximum Gasteiger partial charge on any atom is 0.252 e. The molecule has 0 saturated heterocycles. The first-order valence-corrected chi connectivity index (χ1v) is 15.9. The quantitative estimate of drug-likeness (QED) is 0.182. The van der Waals surface area contributed by atoms with E-state index in [4.69, 9.17) is 0 Å². The zero-order valence-corrected chi connectivity index (χ0v) is 25.2. The Balaban J connectivity index is 1.36. The van der Waals surface area contributed by atoms with E-state index in [1.54, 1.807) is 4.90 Å². The number of anilines is 3. The van der Waals surface area contributed by atoms with Gasteiger partial charge in [-0.1, -0.05) is 103 Å². The summed E-state index contributed by atoms with van der Waals surface area (Å²) >= 11 is 0. The third-order valence-corrected chi connectivity index (χ3v) is 9.90. The molecular formula is C42H25BF2N2. The summed E-state index contributed by atoms with van der Waals surface area (Å²) in [6.07, 6.45) is 0. The van der Waals surface area contributed by atoms with Crippen LogP contribution in [0, 0.1) is 11.6 Å². The van der Waals surface area contributed by atoms with Gasteiger partial charge in [0.05, 0.1) is 5.52 Å². The number of aromatic nitrogens is 1. The summed E-state index contributed by atoms with van der Waals surface area (Å²) in [7, 11) is 0. The summed E-state index contributed by atoms with van der Waals surface area (Å²) in [6.45, 7) is -0.139. The molecule has 0 fully saturated rings. The lowest BCUT2D eigenvalue weighted by molar-refractivity contribution is 0.586. The van der Waals surface area contributed by atoms with E-state index in [1.165, 1.54) is 45.5 Å². The summed E-state index contributed by atoms with van der Waals surface area (Å²) < 4.78 is 33.6. The summed E-state index contributed by atoms with van der Waals surface area (Å²) in [5.41, 5.74) is 12.6. The van der Waals surface area contributed by atoms with Crippen molar-refractivity contribution in [2.75, 3.05) is 4.90 Å². The van der Waals surface area contributed by atoms with Gasteiger partial charge in [-0.05, 0) is 87.2 Å². The third kappa shape index (κ3) is 3.65. The highest BCUT2D eigenvalue weighted by Crippen LogP contribution is 2.44. The van der Waals surface area contributed by atoms with Crippen LogP contribution in [0.25, 0.3) is 49.7 Å². The van der Waals surface area contributed by atoms with Crippen LogP contribution < -0.4 is 21.3 Å². The SMILES string of the molecule is Fc1cccc(F)c1N1c2ccccc2B2c3c1cccc3-n1c3ccc(-c4ccccc4)cc3c3cc(-c4ccccc4)cc2c31. The minimum atomic E-state index is -0.597. The number of hydrogen-bond donors (Lipinski definition) is 0. The van der Waals surface area contributed by atoms with Crippen molar-refractivity contribution in [1.82, 2.24) is 4.57 Å². The fourth-order valence-electron chi connectivity index (χ4n) is 7.97. The normalized spacial score (nSPS) is 12.8. The van der Waals surface area contributed by atoms with Gasteiger partial charge in [0, 0.05) is 33.4 Å². The van der Waals surface area contributed by atoms with Crippen molar-refractivity contribution in [2.24, 2.45) is 0 Å². The zero-order chi connectivity index (χ0) is 31.2. The Bertz CT molecular complexity index is 2540. The standard InChI is InChI=1S/C42H25BF2N2/c44-34-16-9-17-35(45)42(34)47-37-18-8-7-15-32(37)43-33-25-29(27-13-5-2-6-14-27)24-31-30-23-28(26-11-3-1-4-12-26)21-22-36(30)46(41(31)33)38-19-10-20-39(47)40(38)43/h1-25H. The molecule has 8 aromatic rings. The Labute approximate surface area is 270 Å². The Morgan fingerprint density at radius 2 is 1.06 bits per heavy atom. The highest BCUT2D eigenvalue weighted by atomic mass is 19.1. The molecule has 10 rings (SSSR count). The molecule has 1 aromatic heterocycles. The molecule has 2 aliphatic heterocycles. The van der Waals surface area contributed by atoms with Gasteiger partial charge in [-0.2, -0.15) is 0 Å². The van der Waals surface area contributed by atoms with Crippen LogP contribution in [0.4, 0.5) is 25.8 Å². The largest absolute Gasteiger partial charge is 0.310 e. The molecule has 5 heteroatoms. The molecule has 7 aromatic carbocycles. The van der Waals surface area contributed by atoms with E-state index in [9.17, 15) is 0 Å². The monoisotopic (exact) mass is 606 g/mol. The Morgan fingerprint density at radius 1 is 0.447 bits per heavy atom. The van der Waals surface area contributed by atoms with Crippen LogP contribution in [0.2, 0.25) is 0 Å². The molecule has 0 radical (unpaired) electrons. The molecule has 0 atom stereocenters. The Hall–Kier alpha value is -5.94. The van der Waals surface area contributed by atoms with E-state index in [-0.39, 0.29) is 12.4 Å². The zero-order valence-electron chi connectivity index (χ0n) is 25.2. The van der Waals surface area contributed by atoms with Crippen molar-refractivity contribution in [2.45, 2.75) is 0 Å². The van der Waals surface area contributed by atoms with Gasteiger partial charge in [0.1, 0.15) is 17.3 Å². The summed E-state index contributed by atoms with van der Waals surface area (Å²) in [6, 6.07) is 50.6. The molecule has 0 N–H and O–H groups in total. The number of fused-ring (bicyclic) bond motifs is 7. The topological polar surface area (TPSA) is 8.17 Å². The lowest BCUT2D eigenvalue weighted by Crippen LogP contribution is -2.60. The summed E-state index contributed by atoms with van der Waals surface area (Å²) in [4.78, 5) is 1.78. The summed E-state index contributed by atoms with van der Waals surface area (Å²) in [5, 5.41) is 2.35. The number of nitrogens with zero attached hydrogens (tertiary/aromatic N) is 2. The first-order chi connectivity index (χ1) is 23.2. The van der Waals surface area contributed by atoms with Crippen molar-refractivity contribution < 1.29 is 8.78 Å². The van der Waals surface area contributed by atoms with Gasteiger partial charge in [0.25, 0.3) is 6.71 Å². The highest BCUT2D eigenvalue weighted by molar-refractivity contribution is 7.00. The van der Waals surface area contributed by atoms with Crippen LogP contribution in [-0.4, -0.2) is 11.3 Å². The predicted octanol–water partition coefficient (Wildman–Crippen LogP) is 9.01. The minimum Gasteiger partial charge on any atom is -0.310 e. The van der Waals surface area contributed by atoms with Crippen molar-refractivity contribution >= 4 is 62.0 Å². The molecule has 0 unspecified atom stereocenters. The van der Waals surface area contributed by atoms with E-state index in [0.717, 1.165) is 50.2 Å². The van der Waals surface area contributed by atoms with E-state index in [1.807, 2.05) is 42.5 Å². The fraction of sp³-hybridized carbons (Fsp3) is 0. The van der Waals surface area contributed by atoms with Crippen LogP contribution in [-0.2, 0) is 0 Å². The molecule has 220 valence electrons. The maximum absolute atomic E-state index is 15.6. The van der Waals surface area contributed by atoms with Gasteiger partial charge in [-0.3, -0.25) is 0 Å². The second-order valence-electron chi connectivity index (χ2n) is 12.4. The molecule has 0 amide bonds. The number of hydrogen-bond acceptors (Lipinski definition) is 1. The maximum atomic E-state index is 15.6. The van der Waals surface area contributed by atoms with Crippen LogP contribution in [0.1, 0.15) is 0 Å². The first kappa shape index (κ1) is 26.3. The van der Waals surface area contributed by atoms with Crippen LogP contribution >= 0.6 is 0 Å². The predicted molar refractivity (Wildman–Crippen MR) is 191 cm³/mol. The summed E-state index contributed by atoms with van der Waals surface area (Å²) in [5.74, 6) is -1.19. The Kier molecular flexibility index (Phi) is 5.47. The van der Waals surface area contributed by atoms with Crippen molar-refractivity contribution in [1.29, 1.82) is 0 Å². The number of rotatable bonds is 3. The van der Waals surface area contributed by atoms with E-state index >= 15 is 8.78 Å². The number of benzene rings is 7. The minimum absolute atomic E-state index is 0.0642. The second kappa shape index (κ2) is 9.78. The molecule has 0 bridgehead atoms. The molecule has 3 heterocycles. The van der Waals surface area contributed by atoms with E-state index in [2.05, 4.69) is 95.6 Å². The molecule has 47 heavy (non-hydrogen) atoms. The highest BCUT2D eigenvalue weighted by Gasteiger charge is 2.42. The number of halogens is 2. The third-order valence-electron chi connectivity index (χ3n) is 9.90. The molecule has 0 aliphatic carbocycles. The van der Waals surface area contributed by atoms with Gasteiger partial charge in [0.2, 0.25) is 0 Å². The first-order valence-electron chi connectivity index (χ1n) is 15.9. The lowest BCUT2D eigenvalue weighted by Gasteiger charge is -2.40. The Morgan fingerprint density at radius 3 is 1.83 bits per heavy atom. The van der Waals surface area contributed by atoms with Crippen molar-refractivity contribution in [3.8, 4) is 27.9 Å². The van der Waals surface area contributed by atoms with Crippen LogP contribution in [0.5, 0.6) is 0 Å². The smallest absolute Gasteiger partial charge is 0.252 e. The number of para-hydroxylation sites is 2. The molecule has 2 nitrogen and oxygen atoms in total. The molecular weight excluding hydrogens is 581 g/mol. The van der Waals surface area contributed by atoms with Gasteiger partial charge in [-0.15, -0.1) is 0 Å².